The number of rotatable bonds is 7. The highest BCUT2D eigenvalue weighted by atomic mass is 16.7. The number of nitro groups is 1. The molecule has 1 aliphatic heterocycles. The Labute approximate surface area is 126 Å². The van der Waals surface area contributed by atoms with Crippen molar-refractivity contribution < 1.29 is 24.0 Å². The molecule has 0 saturated carbocycles. The molecule has 0 amide bonds. The third kappa shape index (κ3) is 4.26. The van der Waals surface area contributed by atoms with Gasteiger partial charge in [-0.15, -0.1) is 0 Å². The zero-order chi connectivity index (χ0) is 15.9. The molecule has 2 rings (SSSR count). The second kappa shape index (κ2) is 7.51. The molecule has 0 aromatic heterocycles. The number of nitrogens with zero attached hydrogens (tertiary/aromatic N) is 2. The number of hydrogen-bond acceptors (Lipinski definition) is 7. The molecule has 118 valence electrons. The molecule has 0 saturated heterocycles. The quantitative estimate of drug-likeness (QED) is 0.431. The molecular weight excluding hydrogens is 292 g/mol. The largest absolute Gasteiger partial charge is 0.464 e. The Bertz CT molecular complexity index is 586. The monoisotopic (exact) mass is 308 g/mol. The third-order valence-corrected chi connectivity index (χ3v) is 2.95. The van der Waals surface area contributed by atoms with Crippen LogP contribution < -0.4 is 0 Å². The predicted molar refractivity (Wildman–Crippen MR) is 76.6 cm³/mol. The molecule has 0 N–H and O–H groups in total. The first-order valence-corrected chi connectivity index (χ1v) is 6.81. The molecular formula is C14H16N2O6. The normalized spacial score (nSPS) is 16.8. The Kier molecular flexibility index (Phi) is 5.42. The lowest BCUT2D eigenvalue weighted by Crippen LogP contribution is -2.20. The summed E-state index contributed by atoms with van der Waals surface area (Å²) >= 11 is 0. The first-order chi connectivity index (χ1) is 10.6. The molecule has 22 heavy (non-hydrogen) atoms. The van der Waals surface area contributed by atoms with Gasteiger partial charge in [-0.3, -0.25) is 10.1 Å². The molecule has 0 spiro atoms. The van der Waals surface area contributed by atoms with Crippen LogP contribution in [0, 0.1) is 10.1 Å². The lowest BCUT2D eigenvalue weighted by atomic mass is 10.0. The van der Waals surface area contributed by atoms with E-state index in [0.717, 1.165) is 0 Å². The number of oxime groups is 1. The maximum atomic E-state index is 11.1. The fraction of sp³-hybridized carbons (Fsp3) is 0.429. The van der Waals surface area contributed by atoms with Gasteiger partial charge in [0, 0.05) is 24.1 Å². The van der Waals surface area contributed by atoms with Crippen molar-refractivity contribution in [2.75, 3.05) is 19.8 Å². The van der Waals surface area contributed by atoms with E-state index < -0.39 is 10.9 Å². The van der Waals surface area contributed by atoms with Gasteiger partial charge in [0.2, 0.25) is 0 Å². The van der Waals surface area contributed by atoms with Gasteiger partial charge in [-0.05, 0) is 6.92 Å². The van der Waals surface area contributed by atoms with Gasteiger partial charge >= 0.3 is 5.97 Å². The second-order valence-corrected chi connectivity index (χ2v) is 4.60. The number of carbonyl (C=O) groups excluding carboxylic acids is 1. The number of carbonyl (C=O) groups is 1. The van der Waals surface area contributed by atoms with Crippen LogP contribution in [-0.2, 0) is 19.1 Å². The Morgan fingerprint density at radius 3 is 3.09 bits per heavy atom. The molecule has 8 heteroatoms. The maximum absolute atomic E-state index is 11.1. The van der Waals surface area contributed by atoms with E-state index in [1.54, 1.807) is 19.1 Å². The molecule has 0 bridgehead atoms. The van der Waals surface area contributed by atoms with Crippen molar-refractivity contribution in [2.45, 2.75) is 19.4 Å². The molecule has 0 aliphatic carbocycles. The highest BCUT2D eigenvalue weighted by Crippen LogP contribution is 2.20. The molecule has 1 unspecified atom stereocenters. The predicted octanol–water partition coefficient (Wildman–Crippen LogP) is 1.67. The summed E-state index contributed by atoms with van der Waals surface area (Å²) in [5.41, 5.74) is 1.26. The molecule has 1 heterocycles. The van der Waals surface area contributed by atoms with E-state index in [1.807, 2.05) is 0 Å². The minimum absolute atomic E-state index is 0.00205. The van der Waals surface area contributed by atoms with Crippen molar-refractivity contribution in [3.63, 3.8) is 0 Å². The van der Waals surface area contributed by atoms with Crippen molar-refractivity contribution in [3.8, 4) is 0 Å². The van der Waals surface area contributed by atoms with Crippen LogP contribution in [0.25, 0.3) is 0 Å². The number of nitro benzene ring substituents is 1. The van der Waals surface area contributed by atoms with E-state index in [1.165, 1.54) is 12.1 Å². The molecule has 1 atom stereocenters. The molecule has 1 aromatic rings. The van der Waals surface area contributed by atoms with E-state index in [-0.39, 0.29) is 25.0 Å². The van der Waals surface area contributed by atoms with E-state index in [0.29, 0.717) is 24.3 Å². The number of non-ortho nitro benzene ring substituents is 1. The summed E-state index contributed by atoms with van der Waals surface area (Å²) < 4.78 is 9.93. The zero-order valence-electron chi connectivity index (χ0n) is 12.1. The van der Waals surface area contributed by atoms with Gasteiger partial charge in [0.15, 0.2) is 6.10 Å². The van der Waals surface area contributed by atoms with Crippen LogP contribution in [0.4, 0.5) is 5.69 Å². The molecule has 1 aromatic carbocycles. The number of ether oxygens (including phenoxy) is 2. The van der Waals surface area contributed by atoms with Crippen LogP contribution in [0.5, 0.6) is 0 Å². The van der Waals surface area contributed by atoms with E-state index in [9.17, 15) is 14.9 Å². The highest BCUT2D eigenvalue weighted by molar-refractivity contribution is 6.01. The topological polar surface area (TPSA) is 100 Å². The summed E-state index contributed by atoms with van der Waals surface area (Å²) in [4.78, 5) is 26.6. The second-order valence-electron chi connectivity index (χ2n) is 4.60. The lowest BCUT2D eigenvalue weighted by molar-refractivity contribution is -0.384. The molecule has 0 fully saturated rings. The summed E-state index contributed by atoms with van der Waals surface area (Å²) in [5.74, 6) is -0.430. The number of esters is 1. The SMILES string of the molecule is CCOC(=O)COCC1CC(c2cccc([N+](=O)[O-])c2)=NO1. The average molecular weight is 308 g/mol. The smallest absolute Gasteiger partial charge is 0.332 e. The standard InChI is InChI=1S/C14H16N2O6/c1-2-21-14(17)9-20-8-12-7-13(15-22-12)10-4-3-5-11(6-10)16(18)19/h3-6,12H,2,7-9H2,1H3. The fourth-order valence-corrected chi connectivity index (χ4v) is 1.96. The van der Waals surface area contributed by atoms with E-state index >= 15 is 0 Å². The minimum Gasteiger partial charge on any atom is -0.464 e. The first-order valence-electron chi connectivity index (χ1n) is 6.81. The van der Waals surface area contributed by atoms with Crippen molar-refractivity contribution in [2.24, 2.45) is 5.16 Å². The maximum Gasteiger partial charge on any atom is 0.332 e. The third-order valence-electron chi connectivity index (χ3n) is 2.95. The summed E-state index contributed by atoms with van der Waals surface area (Å²) in [6.45, 7) is 2.08. The Hall–Kier alpha value is -2.48. The van der Waals surface area contributed by atoms with Gasteiger partial charge in [0.25, 0.3) is 5.69 Å². The van der Waals surface area contributed by atoms with Crippen LogP contribution in [0.2, 0.25) is 0 Å². The number of hydrogen-bond donors (Lipinski definition) is 0. The van der Waals surface area contributed by atoms with E-state index in [2.05, 4.69) is 5.16 Å². The molecule has 1 aliphatic rings. The average Bonchev–Trinajstić information content (AvgIpc) is 2.96. The van der Waals surface area contributed by atoms with Crippen LogP contribution in [0.1, 0.15) is 18.9 Å². The van der Waals surface area contributed by atoms with Crippen LogP contribution >= 0.6 is 0 Å². The van der Waals surface area contributed by atoms with Gasteiger partial charge in [-0.2, -0.15) is 0 Å². The van der Waals surface area contributed by atoms with Crippen molar-refractivity contribution in [1.29, 1.82) is 0 Å². The van der Waals surface area contributed by atoms with Gasteiger partial charge in [0.1, 0.15) is 6.61 Å². The molecule has 0 radical (unpaired) electrons. The lowest BCUT2D eigenvalue weighted by Gasteiger charge is -2.08. The van der Waals surface area contributed by atoms with E-state index in [4.69, 9.17) is 14.3 Å². The Morgan fingerprint density at radius 2 is 2.36 bits per heavy atom. The van der Waals surface area contributed by atoms with Gasteiger partial charge in [-0.1, -0.05) is 17.3 Å². The highest BCUT2D eigenvalue weighted by Gasteiger charge is 2.23. The summed E-state index contributed by atoms with van der Waals surface area (Å²) in [7, 11) is 0. The zero-order valence-corrected chi connectivity index (χ0v) is 12.1. The van der Waals surface area contributed by atoms with Crippen LogP contribution in [0.3, 0.4) is 0 Å². The summed E-state index contributed by atoms with van der Waals surface area (Å²) in [6, 6.07) is 6.20. The van der Waals surface area contributed by atoms with Crippen LogP contribution in [0.15, 0.2) is 29.4 Å². The van der Waals surface area contributed by atoms with Crippen LogP contribution in [-0.4, -0.2) is 42.5 Å². The first kappa shape index (κ1) is 15.9. The fourth-order valence-electron chi connectivity index (χ4n) is 1.96. The summed E-state index contributed by atoms with van der Waals surface area (Å²) in [6.07, 6.45) is 0.146. The minimum atomic E-state index is -0.459. The van der Waals surface area contributed by atoms with Crippen molar-refractivity contribution >= 4 is 17.4 Å². The molecule has 8 nitrogen and oxygen atoms in total. The van der Waals surface area contributed by atoms with Gasteiger partial charge < -0.3 is 14.3 Å². The van der Waals surface area contributed by atoms with Gasteiger partial charge in [0.05, 0.1) is 23.8 Å². The van der Waals surface area contributed by atoms with Crippen molar-refractivity contribution in [1.82, 2.24) is 0 Å². The van der Waals surface area contributed by atoms with Crippen molar-refractivity contribution in [3.05, 3.63) is 39.9 Å². The number of benzene rings is 1. The summed E-state index contributed by atoms with van der Waals surface area (Å²) in [5, 5.41) is 14.7. The Morgan fingerprint density at radius 1 is 1.55 bits per heavy atom. The Balaban J connectivity index is 1.83. The van der Waals surface area contributed by atoms with Gasteiger partial charge in [-0.25, -0.2) is 4.79 Å².